The van der Waals surface area contributed by atoms with Gasteiger partial charge in [-0.1, -0.05) is 6.07 Å². The first-order chi connectivity index (χ1) is 12.4. The monoisotopic (exact) mass is 354 g/mol. The van der Waals surface area contributed by atoms with Crippen molar-refractivity contribution in [3.8, 4) is 5.75 Å². The number of methoxy groups -OCH3 is 1. The maximum atomic E-state index is 12.2. The molecule has 0 fully saturated rings. The summed E-state index contributed by atoms with van der Waals surface area (Å²) in [5.41, 5.74) is 1.76. The van der Waals surface area contributed by atoms with Crippen molar-refractivity contribution in [1.82, 2.24) is 5.32 Å². The Morgan fingerprint density at radius 1 is 1.00 bits per heavy atom. The van der Waals surface area contributed by atoms with E-state index in [1.54, 1.807) is 60.5 Å². The Morgan fingerprint density at radius 3 is 2.27 bits per heavy atom. The fourth-order valence-electron chi connectivity index (χ4n) is 2.49. The first-order valence-corrected chi connectivity index (χ1v) is 8.23. The molecule has 0 spiro atoms. The van der Waals surface area contributed by atoms with Crippen LogP contribution in [-0.2, 0) is 4.79 Å². The quantitative estimate of drug-likeness (QED) is 0.776. The van der Waals surface area contributed by atoms with Gasteiger partial charge in [-0.25, -0.2) is 0 Å². The van der Waals surface area contributed by atoms with Gasteiger partial charge in [0, 0.05) is 36.8 Å². The van der Waals surface area contributed by atoms with Crippen LogP contribution in [0.1, 0.15) is 34.6 Å². The average molecular weight is 354 g/mol. The smallest absolute Gasteiger partial charge is 0.251 e. The predicted octanol–water partition coefficient (Wildman–Crippen LogP) is 2.68. The molecule has 2 aromatic carbocycles. The van der Waals surface area contributed by atoms with E-state index in [0.717, 1.165) is 0 Å². The second-order valence-electron chi connectivity index (χ2n) is 5.76. The van der Waals surface area contributed by atoms with Crippen LogP contribution in [0.5, 0.6) is 5.75 Å². The van der Waals surface area contributed by atoms with Crippen LogP contribution in [0.3, 0.4) is 0 Å². The molecule has 0 atom stereocenters. The molecule has 0 radical (unpaired) electrons. The molecule has 26 heavy (non-hydrogen) atoms. The summed E-state index contributed by atoms with van der Waals surface area (Å²) in [7, 11) is 1.54. The number of anilines is 1. The van der Waals surface area contributed by atoms with E-state index in [-0.39, 0.29) is 17.6 Å². The van der Waals surface area contributed by atoms with Crippen LogP contribution in [0.2, 0.25) is 0 Å². The molecule has 1 N–H and O–H groups in total. The first kappa shape index (κ1) is 19.2. The molecule has 2 rings (SSSR count). The fourth-order valence-corrected chi connectivity index (χ4v) is 2.49. The zero-order chi connectivity index (χ0) is 19.1. The lowest BCUT2D eigenvalue weighted by atomic mass is 10.1. The number of nitrogens with zero attached hydrogens (tertiary/aromatic N) is 1. The summed E-state index contributed by atoms with van der Waals surface area (Å²) in [6.07, 6.45) is 0. The van der Waals surface area contributed by atoms with Gasteiger partial charge in [0.1, 0.15) is 5.75 Å². The Morgan fingerprint density at radius 2 is 1.69 bits per heavy atom. The van der Waals surface area contributed by atoms with E-state index in [1.165, 1.54) is 13.8 Å². The normalized spacial score (nSPS) is 10.1. The standard InChI is InChI=1S/C20H22N2O4/c1-14(23)16-7-9-18(10-8-16)22(15(2)24)12-11-21-20(25)17-5-4-6-19(13-17)26-3/h4-10,13H,11-12H2,1-3H3,(H,21,25). The molecule has 0 aliphatic carbocycles. The highest BCUT2D eigenvalue weighted by atomic mass is 16.5. The summed E-state index contributed by atoms with van der Waals surface area (Å²) in [5.74, 6) is 0.195. The number of nitrogens with one attached hydrogen (secondary N) is 1. The predicted molar refractivity (Wildman–Crippen MR) is 99.8 cm³/mol. The molecule has 6 nitrogen and oxygen atoms in total. The molecule has 0 aliphatic rings. The van der Waals surface area contributed by atoms with E-state index in [0.29, 0.717) is 35.7 Å². The van der Waals surface area contributed by atoms with Crippen LogP contribution in [0.4, 0.5) is 5.69 Å². The second kappa shape index (κ2) is 8.80. The fraction of sp³-hybridized carbons (Fsp3) is 0.250. The number of amides is 2. The topological polar surface area (TPSA) is 75.7 Å². The summed E-state index contributed by atoms with van der Waals surface area (Å²) in [5, 5.41) is 2.79. The van der Waals surface area contributed by atoms with Gasteiger partial charge in [-0.3, -0.25) is 14.4 Å². The van der Waals surface area contributed by atoms with Gasteiger partial charge in [0.25, 0.3) is 5.91 Å². The minimum atomic E-state index is -0.237. The van der Waals surface area contributed by atoms with Crippen LogP contribution >= 0.6 is 0 Å². The number of carbonyl (C=O) groups is 3. The number of ketones is 1. The van der Waals surface area contributed by atoms with Crippen molar-refractivity contribution in [2.24, 2.45) is 0 Å². The van der Waals surface area contributed by atoms with Crippen molar-refractivity contribution in [2.75, 3.05) is 25.1 Å². The molecule has 2 aromatic rings. The largest absolute Gasteiger partial charge is 0.497 e. The Hall–Kier alpha value is -3.15. The molecular weight excluding hydrogens is 332 g/mol. The van der Waals surface area contributed by atoms with E-state index in [4.69, 9.17) is 4.74 Å². The van der Waals surface area contributed by atoms with Crippen molar-refractivity contribution in [2.45, 2.75) is 13.8 Å². The highest BCUT2D eigenvalue weighted by molar-refractivity contribution is 5.96. The Bertz CT molecular complexity index is 800. The minimum Gasteiger partial charge on any atom is -0.497 e. The summed E-state index contributed by atoms with van der Waals surface area (Å²) in [6, 6.07) is 13.7. The Balaban J connectivity index is 1.99. The zero-order valence-electron chi connectivity index (χ0n) is 15.1. The molecule has 0 aliphatic heterocycles. The van der Waals surface area contributed by atoms with Gasteiger partial charge in [0.15, 0.2) is 5.78 Å². The number of benzene rings is 2. The highest BCUT2D eigenvalue weighted by Gasteiger charge is 2.13. The van der Waals surface area contributed by atoms with Crippen LogP contribution in [0, 0.1) is 0 Å². The van der Waals surface area contributed by atoms with Gasteiger partial charge in [-0.05, 0) is 49.4 Å². The van der Waals surface area contributed by atoms with Gasteiger partial charge in [-0.15, -0.1) is 0 Å². The SMILES string of the molecule is COc1cccc(C(=O)NCCN(C(C)=O)c2ccc(C(C)=O)cc2)c1. The summed E-state index contributed by atoms with van der Waals surface area (Å²) < 4.78 is 5.11. The third-order valence-electron chi connectivity index (χ3n) is 3.92. The zero-order valence-corrected chi connectivity index (χ0v) is 15.1. The Labute approximate surface area is 152 Å². The second-order valence-corrected chi connectivity index (χ2v) is 5.76. The number of ether oxygens (including phenoxy) is 1. The molecule has 0 unspecified atom stereocenters. The lowest BCUT2D eigenvalue weighted by Gasteiger charge is -2.21. The summed E-state index contributed by atoms with van der Waals surface area (Å²) in [6.45, 7) is 3.57. The molecule has 0 saturated carbocycles. The lowest BCUT2D eigenvalue weighted by molar-refractivity contribution is -0.116. The van der Waals surface area contributed by atoms with Crippen LogP contribution in [0.15, 0.2) is 48.5 Å². The molecule has 136 valence electrons. The van der Waals surface area contributed by atoms with Gasteiger partial charge in [-0.2, -0.15) is 0 Å². The Kier molecular flexibility index (Phi) is 6.49. The maximum absolute atomic E-state index is 12.2. The number of hydrogen-bond acceptors (Lipinski definition) is 4. The molecule has 0 saturated heterocycles. The van der Waals surface area contributed by atoms with Crippen LogP contribution < -0.4 is 15.0 Å². The number of Topliss-reactive ketones (excluding diaryl/α,β-unsaturated/α-hetero) is 1. The molecule has 0 aromatic heterocycles. The van der Waals surface area contributed by atoms with Crippen molar-refractivity contribution in [3.05, 3.63) is 59.7 Å². The summed E-state index contributed by atoms with van der Waals surface area (Å²) >= 11 is 0. The van der Waals surface area contributed by atoms with Crippen molar-refractivity contribution in [3.63, 3.8) is 0 Å². The molecule has 2 amide bonds. The number of carbonyl (C=O) groups excluding carboxylic acids is 3. The van der Waals surface area contributed by atoms with E-state index >= 15 is 0 Å². The third kappa shape index (κ3) is 4.92. The maximum Gasteiger partial charge on any atom is 0.251 e. The van der Waals surface area contributed by atoms with Crippen molar-refractivity contribution in [1.29, 1.82) is 0 Å². The van der Waals surface area contributed by atoms with Gasteiger partial charge in [0.05, 0.1) is 7.11 Å². The lowest BCUT2D eigenvalue weighted by Crippen LogP contribution is -2.37. The van der Waals surface area contributed by atoms with E-state index in [2.05, 4.69) is 5.32 Å². The first-order valence-electron chi connectivity index (χ1n) is 8.23. The third-order valence-corrected chi connectivity index (χ3v) is 3.92. The van der Waals surface area contributed by atoms with E-state index in [1.807, 2.05) is 0 Å². The van der Waals surface area contributed by atoms with E-state index < -0.39 is 0 Å². The van der Waals surface area contributed by atoms with Crippen LogP contribution in [0.25, 0.3) is 0 Å². The molecule has 0 bridgehead atoms. The van der Waals surface area contributed by atoms with Gasteiger partial charge < -0.3 is 15.0 Å². The van der Waals surface area contributed by atoms with Gasteiger partial charge in [0.2, 0.25) is 5.91 Å². The minimum absolute atomic E-state index is 0.0310. The molecule has 0 heterocycles. The molecule has 6 heteroatoms. The number of hydrogen-bond donors (Lipinski definition) is 1. The van der Waals surface area contributed by atoms with E-state index in [9.17, 15) is 14.4 Å². The van der Waals surface area contributed by atoms with Gasteiger partial charge >= 0.3 is 0 Å². The molecular formula is C20H22N2O4. The summed E-state index contributed by atoms with van der Waals surface area (Å²) in [4.78, 5) is 37.0. The average Bonchev–Trinajstić information content (AvgIpc) is 2.65. The van der Waals surface area contributed by atoms with Crippen LogP contribution in [-0.4, -0.2) is 37.8 Å². The van der Waals surface area contributed by atoms with Crippen molar-refractivity contribution < 1.29 is 19.1 Å². The highest BCUT2D eigenvalue weighted by Crippen LogP contribution is 2.16. The number of rotatable bonds is 7. The van der Waals surface area contributed by atoms with Crippen molar-refractivity contribution >= 4 is 23.3 Å².